The number of benzene rings is 2. The van der Waals surface area contributed by atoms with Crippen molar-refractivity contribution < 1.29 is 19.2 Å². The Bertz CT molecular complexity index is 1040. The van der Waals surface area contributed by atoms with Crippen molar-refractivity contribution in [2.75, 3.05) is 5.73 Å². The molecule has 4 rings (SSSR count). The van der Waals surface area contributed by atoms with Crippen molar-refractivity contribution in [3.63, 3.8) is 0 Å². The average Bonchev–Trinajstić information content (AvgIpc) is 3.02. The Morgan fingerprint density at radius 3 is 2.70 bits per heavy atom. The number of piperidine rings is 1. The highest BCUT2D eigenvalue weighted by Crippen LogP contribution is 2.28. The molecule has 0 radical (unpaired) electrons. The van der Waals surface area contributed by atoms with Gasteiger partial charge in [-0.1, -0.05) is 12.1 Å². The van der Waals surface area contributed by atoms with Crippen molar-refractivity contribution in [3.05, 3.63) is 64.7 Å². The van der Waals surface area contributed by atoms with Gasteiger partial charge in [0.2, 0.25) is 11.8 Å². The Morgan fingerprint density at radius 2 is 1.97 bits per heavy atom. The van der Waals surface area contributed by atoms with Gasteiger partial charge >= 0.3 is 0 Å². The molecule has 156 valence electrons. The highest BCUT2D eigenvalue weighted by molar-refractivity contribution is 6.06. The third kappa shape index (κ3) is 4.13. The normalized spacial score (nSPS) is 17.8. The number of amides is 4. The SMILES string of the molecule is Cl.Nc1cccc(CNC(=O)c2ccc3c(c2)CN(C2CCC(=O)NC2=O)C3=O)c1. The summed E-state index contributed by atoms with van der Waals surface area (Å²) in [5, 5.41) is 5.11. The Labute approximate surface area is 179 Å². The van der Waals surface area contributed by atoms with E-state index in [-0.39, 0.29) is 43.1 Å². The maximum atomic E-state index is 12.7. The molecule has 4 amide bonds. The van der Waals surface area contributed by atoms with Crippen molar-refractivity contribution in [2.45, 2.75) is 32.0 Å². The maximum Gasteiger partial charge on any atom is 0.255 e. The standard InChI is InChI=1S/C21H20N4O4.ClH/c22-15-3-1-2-12(8-15)10-23-19(27)13-4-5-16-14(9-13)11-25(21(16)29)17-6-7-18(26)24-20(17)28;/h1-5,8-9,17H,6-7,10-11,22H2,(H,23,27)(H,24,26,28);1H. The van der Waals surface area contributed by atoms with E-state index in [2.05, 4.69) is 10.6 Å². The fraction of sp³-hybridized carbons (Fsp3) is 0.238. The van der Waals surface area contributed by atoms with Crippen LogP contribution in [0, 0.1) is 0 Å². The van der Waals surface area contributed by atoms with E-state index in [1.807, 2.05) is 12.1 Å². The van der Waals surface area contributed by atoms with Gasteiger partial charge in [0.15, 0.2) is 0 Å². The molecule has 0 bridgehead atoms. The number of anilines is 1. The molecule has 0 aliphatic carbocycles. The number of rotatable bonds is 4. The molecule has 0 aromatic heterocycles. The first kappa shape index (κ1) is 21.3. The van der Waals surface area contributed by atoms with Gasteiger partial charge in [0.1, 0.15) is 6.04 Å². The number of hydrogen-bond donors (Lipinski definition) is 3. The van der Waals surface area contributed by atoms with Crippen LogP contribution in [0.1, 0.15) is 44.7 Å². The molecule has 4 N–H and O–H groups in total. The predicted molar refractivity (Wildman–Crippen MR) is 112 cm³/mol. The third-order valence-corrected chi connectivity index (χ3v) is 5.19. The number of halogens is 1. The Balaban J connectivity index is 0.00000256. The van der Waals surface area contributed by atoms with Crippen LogP contribution in [0.25, 0.3) is 0 Å². The molecule has 2 aromatic rings. The minimum atomic E-state index is -0.673. The van der Waals surface area contributed by atoms with Crippen molar-refractivity contribution in [2.24, 2.45) is 0 Å². The summed E-state index contributed by atoms with van der Waals surface area (Å²) in [6.07, 6.45) is 0.506. The minimum Gasteiger partial charge on any atom is -0.399 e. The smallest absolute Gasteiger partial charge is 0.255 e. The van der Waals surface area contributed by atoms with E-state index < -0.39 is 11.9 Å². The zero-order valence-electron chi connectivity index (χ0n) is 16.0. The Kier molecular flexibility index (Phi) is 6.07. The van der Waals surface area contributed by atoms with E-state index in [1.54, 1.807) is 30.3 Å². The molecular formula is C21H21ClN4O4. The number of carbonyl (C=O) groups is 4. The van der Waals surface area contributed by atoms with Crippen LogP contribution in [0.2, 0.25) is 0 Å². The van der Waals surface area contributed by atoms with E-state index in [0.717, 1.165) is 5.56 Å². The van der Waals surface area contributed by atoms with Crippen LogP contribution < -0.4 is 16.4 Å². The maximum absolute atomic E-state index is 12.7. The van der Waals surface area contributed by atoms with Crippen molar-refractivity contribution in [1.82, 2.24) is 15.5 Å². The topological polar surface area (TPSA) is 122 Å². The first-order valence-electron chi connectivity index (χ1n) is 9.32. The fourth-order valence-corrected chi connectivity index (χ4v) is 3.70. The van der Waals surface area contributed by atoms with Gasteiger partial charge in [-0.25, -0.2) is 0 Å². The van der Waals surface area contributed by atoms with Crippen LogP contribution in [-0.2, 0) is 22.7 Å². The zero-order valence-corrected chi connectivity index (χ0v) is 16.8. The third-order valence-electron chi connectivity index (χ3n) is 5.19. The summed E-state index contributed by atoms with van der Waals surface area (Å²) in [6.45, 7) is 0.569. The van der Waals surface area contributed by atoms with Gasteiger partial charge in [-0.05, 0) is 47.9 Å². The molecule has 1 saturated heterocycles. The number of fused-ring (bicyclic) bond motifs is 1. The summed E-state index contributed by atoms with van der Waals surface area (Å²) in [5.74, 6) is -1.31. The predicted octanol–water partition coefficient (Wildman–Crippen LogP) is 1.38. The number of nitrogens with zero attached hydrogens (tertiary/aromatic N) is 1. The van der Waals surface area contributed by atoms with Crippen molar-refractivity contribution >= 4 is 41.7 Å². The summed E-state index contributed by atoms with van der Waals surface area (Å²) in [5.41, 5.74) is 8.86. The highest BCUT2D eigenvalue weighted by Gasteiger charge is 2.39. The average molecular weight is 429 g/mol. The zero-order chi connectivity index (χ0) is 20.5. The molecule has 2 heterocycles. The summed E-state index contributed by atoms with van der Waals surface area (Å²) in [4.78, 5) is 50.1. The largest absolute Gasteiger partial charge is 0.399 e. The van der Waals surface area contributed by atoms with Crippen LogP contribution in [-0.4, -0.2) is 34.6 Å². The van der Waals surface area contributed by atoms with Crippen molar-refractivity contribution in [3.8, 4) is 0 Å². The lowest BCUT2D eigenvalue weighted by atomic mass is 10.0. The Morgan fingerprint density at radius 1 is 1.17 bits per heavy atom. The van der Waals surface area contributed by atoms with Gasteiger partial charge in [0, 0.05) is 36.3 Å². The van der Waals surface area contributed by atoms with Gasteiger partial charge in [0.25, 0.3) is 11.8 Å². The summed E-state index contributed by atoms with van der Waals surface area (Å²) in [7, 11) is 0. The Hall–Kier alpha value is -3.39. The molecule has 2 aliphatic rings. The summed E-state index contributed by atoms with van der Waals surface area (Å²) >= 11 is 0. The quantitative estimate of drug-likeness (QED) is 0.501. The number of imide groups is 1. The van der Waals surface area contributed by atoms with Crippen LogP contribution >= 0.6 is 12.4 Å². The second kappa shape index (κ2) is 8.54. The number of nitrogen functional groups attached to an aromatic ring is 1. The van der Waals surface area contributed by atoms with Gasteiger partial charge in [-0.15, -0.1) is 12.4 Å². The minimum absolute atomic E-state index is 0. The first-order valence-corrected chi connectivity index (χ1v) is 9.32. The van der Waals surface area contributed by atoms with Crippen LogP contribution in [0.15, 0.2) is 42.5 Å². The van der Waals surface area contributed by atoms with Gasteiger partial charge in [0.05, 0.1) is 0 Å². The molecule has 2 aliphatic heterocycles. The lowest BCUT2D eigenvalue weighted by molar-refractivity contribution is -0.136. The van der Waals surface area contributed by atoms with E-state index in [1.165, 1.54) is 4.90 Å². The number of nitrogens with one attached hydrogen (secondary N) is 2. The summed E-state index contributed by atoms with van der Waals surface area (Å²) < 4.78 is 0. The molecule has 2 aromatic carbocycles. The van der Waals surface area contributed by atoms with E-state index in [0.29, 0.717) is 35.3 Å². The molecule has 30 heavy (non-hydrogen) atoms. The van der Waals surface area contributed by atoms with E-state index in [9.17, 15) is 19.2 Å². The second-order valence-electron chi connectivity index (χ2n) is 7.20. The molecular weight excluding hydrogens is 408 g/mol. The van der Waals surface area contributed by atoms with Crippen LogP contribution in [0.4, 0.5) is 5.69 Å². The lowest BCUT2D eigenvalue weighted by Gasteiger charge is -2.29. The van der Waals surface area contributed by atoms with Crippen LogP contribution in [0.3, 0.4) is 0 Å². The molecule has 9 heteroatoms. The lowest BCUT2D eigenvalue weighted by Crippen LogP contribution is -2.52. The molecule has 0 spiro atoms. The second-order valence-corrected chi connectivity index (χ2v) is 7.20. The van der Waals surface area contributed by atoms with Gasteiger partial charge in [-0.3, -0.25) is 24.5 Å². The first-order chi connectivity index (χ1) is 13.9. The molecule has 8 nitrogen and oxygen atoms in total. The number of hydrogen-bond acceptors (Lipinski definition) is 5. The molecule has 1 unspecified atom stereocenters. The summed E-state index contributed by atoms with van der Waals surface area (Å²) in [6, 6.07) is 11.5. The van der Waals surface area contributed by atoms with Gasteiger partial charge in [-0.2, -0.15) is 0 Å². The fourth-order valence-electron chi connectivity index (χ4n) is 3.70. The number of nitrogens with two attached hydrogens (primary N) is 1. The monoisotopic (exact) mass is 428 g/mol. The van der Waals surface area contributed by atoms with E-state index >= 15 is 0 Å². The van der Waals surface area contributed by atoms with Crippen molar-refractivity contribution in [1.29, 1.82) is 0 Å². The van der Waals surface area contributed by atoms with Gasteiger partial charge < -0.3 is 16.0 Å². The molecule has 0 saturated carbocycles. The molecule has 1 atom stereocenters. The van der Waals surface area contributed by atoms with E-state index in [4.69, 9.17) is 5.73 Å². The van der Waals surface area contributed by atoms with Crippen LogP contribution in [0.5, 0.6) is 0 Å². The molecule has 1 fully saturated rings. The number of carbonyl (C=O) groups excluding carboxylic acids is 4. The highest BCUT2D eigenvalue weighted by atomic mass is 35.5.